The second-order valence-electron chi connectivity index (χ2n) is 2.09. The Morgan fingerprint density at radius 3 is 2.40 bits per heavy atom. The minimum atomic E-state index is -0.162. The number of hydrogen-bond donors (Lipinski definition) is 1. The maximum absolute atomic E-state index is 8.22. The zero-order valence-electron chi connectivity index (χ0n) is 6.51. The van der Waals surface area contributed by atoms with Crippen molar-refractivity contribution < 1.29 is 14.6 Å². The smallest absolute Gasteiger partial charge is 0.143 e. The molecule has 0 radical (unpaired) electrons. The highest BCUT2D eigenvalue weighted by Gasteiger charge is 1.87. The van der Waals surface area contributed by atoms with Crippen molar-refractivity contribution in [1.29, 1.82) is 0 Å². The lowest BCUT2D eigenvalue weighted by atomic mass is 10.2. The van der Waals surface area contributed by atoms with Gasteiger partial charge in [0.1, 0.15) is 6.79 Å². The normalized spacial score (nSPS) is 10.2. The van der Waals surface area contributed by atoms with Crippen molar-refractivity contribution in [1.82, 2.24) is 0 Å². The number of rotatable bonds is 7. The minimum Gasteiger partial charge on any atom is -0.385 e. The van der Waals surface area contributed by atoms with Gasteiger partial charge in [-0.25, -0.2) is 0 Å². The Morgan fingerprint density at radius 1 is 1.10 bits per heavy atom. The van der Waals surface area contributed by atoms with Crippen LogP contribution < -0.4 is 0 Å². The Bertz CT molecular complexity index is 48.8. The lowest BCUT2D eigenvalue weighted by molar-refractivity contribution is -0.00317. The van der Waals surface area contributed by atoms with Crippen molar-refractivity contribution in [3.05, 3.63) is 0 Å². The predicted octanol–water partition coefficient (Wildman–Crippen LogP) is 0.770. The summed E-state index contributed by atoms with van der Waals surface area (Å²) in [7, 11) is 1.70. The molecule has 0 aromatic heterocycles. The molecule has 0 saturated heterocycles. The third-order valence-electron chi connectivity index (χ3n) is 1.23. The van der Waals surface area contributed by atoms with Crippen LogP contribution in [0.1, 0.15) is 19.3 Å². The summed E-state index contributed by atoms with van der Waals surface area (Å²) in [5, 5.41) is 8.22. The van der Waals surface area contributed by atoms with Gasteiger partial charge in [-0.2, -0.15) is 0 Å². The summed E-state index contributed by atoms with van der Waals surface area (Å²) in [4.78, 5) is 0. The van der Waals surface area contributed by atoms with Crippen LogP contribution in [-0.2, 0) is 9.47 Å². The van der Waals surface area contributed by atoms with Crippen LogP contribution in [0.15, 0.2) is 0 Å². The Hall–Kier alpha value is -0.120. The van der Waals surface area contributed by atoms with Crippen LogP contribution >= 0.6 is 0 Å². The Kier molecular flexibility index (Phi) is 8.77. The molecule has 0 rings (SSSR count). The molecule has 0 aromatic carbocycles. The third-order valence-corrected chi connectivity index (χ3v) is 1.23. The van der Waals surface area contributed by atoms with Crippen molar-refractivity contribution in [2.45, 2.75) is 19.3 Å². The number of aliphatic hydroxyl groups excluding tert-OH is 1. The first-order valence-corrected chi connectivity index (χ1v) is 3.59. The van der Waals surface area contributed by atoms with Crippen molar-refractivity contribution in [3.8, 4) is 0 Å². The van der Waals surface area contributed by atoms with Gasteiger partial charge in [-0.1, -0.05) is 0 Å². The first-order chi connectivity index (χ1) is 4.91. The Morgan fingerprint density at radius 2 is 1.80 bits per heavy atom. The van der Waals surface area contributed by atoms with E-state index in [2.05, 4.69) is 0 Å². The van der Waals surface area contributed by atoms with E-state index in [9.17, 15) is 0 Å². The van der Waals surface area contributed by atoms with Crippen LogP contribution in [0.5, 0.6) is 0 Å². The maximum atomic E-state index is 8.22. The fraction of sp³-hybridized carbons (Fsp3) is 1.00. The van der Waals surface area contributed by atoms with Gasteiger partial charge in [0, 0.05) is 20.3 Å². The van der Waals surface area contributed by atoms with Crippen LogP contribution in [-0.4, -0.2) is 32.2 Å². The maximum Gasteiger partial charge on any atom is 0.143 e. The lowest BCUT2D eigenvalue weighted by Crippen LogP contribution is -1.96. The molecule has 0 heterocycles. The molecule has 62 valence electrons. The van der Waals surface area contributed by atoms with Gasteiger partial charge in [0.25, 0.3) is 0 Å². The van der Waals surface area contributed by atoms with Gasteiger partial charge in [0.2, 0.25) is 0 Å². The molecule has 0 aliphatic rings. The van der Waals surface area contributed by atoms with Gasteiger partial charge in [-0.15, -0.1) is 0 Å². The SMILES string of the molecule is COCCCCCOCO. The van der Waals surface area contributed by atoms with Gasteiger partial charge in [-0.05, 0) is 19.3 Å². The van der Waals surface area contributed by atoms with Gasteiger partial charge in [0.05, 0.1) is 0 Å². The molecule has 0 unspecified atom stereocenters. The average Bonchev–Trinajstić information content (AvgIpc) is 1.97. The van der Waals surface area contributed by atoms with Crippen LogP contribution in [0.4, 0.5) is 0 Å². The molecule has 0 aliphatic heterocycles. The van der Waals surface area contributed by atoms with E-state index in [-0.39, 0.29) is 6.79 Å². The summed E-state index contributed by atoms with van der Waals surface area (Å²) in [5.74, 6) is 0. The molecule has 0 saturated carbocycles. The molecular formula is C7H16O3. The van der Waals surface area contributed by atoms with E-state index >= 15 is 0 Å². The molecule has 10 heavy (non-hydrogen) atoms. The Labute approximate surface area is 62.0 Å². The summed E-state index contributed by atoms with van der Waals surface area (Å²) in [6, 6.07) is 0. The molecule has 1 N–H and O–H groups in total. The van der Waals surface area contributed by atoms with Gasteiger partial charge < -0.3 is 14.6 Å². The number of ether oxygens (including phenoxy) is 2. The van der Waals surface area contributed by atoms with E-state index in [4.69, 9.17) is 14.6 Å². The summed E-state index contributed by atoms with van der Waals surface area (Å²) >= 11 is 0. The molecular weight excluding hydrogens is 132 g/mol. The molecule has 3 heteroatoms. The highest BCUT2D eigenvalue weighted by atomic mass is 16.6. The van der Waals surface area contributed by atoms with E-state index in [0.717, 1.165) is 25.9 Å². The second-order valence-corrected chi connectivity index (χ2v) is 2.09. The summed E-state index contributed by atoms with van der Waals surface area (Å²) in [6.45, 7) is 1.31. The van der Waals surface area contributed by atoms with Gasteiger partial charge >= 0.3 is 0 Å². The van der Waals surface area contributed by atoms with Gasteiger partial charge in [0.15, 0.2) is 0 Å². The van der Waals surface area contributed by atoms with Crippen molar-refractivity contribution in [3.63, 3.8) is 0 Å². The molecule has 0 atom stereocenters. The molecule has 0 spiro atoms. The number of aliphatic hydroxyl groups is 1. The molecule has 0 fully saturated rings. The van der Waals surface area contributed by atoms with E-state index < -0.39 is 0 Å². The molecule has 0 amide bonds. The zero-order chi connectivity index (χ0) is 7.66. The third kappa shape index (κ3) is 7.88. The first kappa shape index (κ1) is 9.88. The fourth-order valence-electron chi connectivity index (χ4n) is 0.692. The quantitative estimate of drug-likeness (QED) is 0.428. The molecule has 3 nitrogen and oxygen atoms in total. The Balaban J connectivity index is 2.65. The lowest BCUT2D eigenvalue weighted by Gasteiger charge is -1.99. The monoisotopic (exact) mass is 148 g/mol. The standard InChI is InChI=1S/C7H16O3/c1-9-5-3-2-4-6-10-7-8/h8H,2-7H2,1H3. The fourth-order valence-corrected chi connectivity index (χ4v) is 0.692. The zero-order valence-corrected chi connectivity index (χ0v) is 6.51. The van der Waals surface area contributed by atoms with Crippen LogP contribution in [0.3, 0.4) is 0 Å². The molecule has 0 bridgehead atoms. The average molecular weight is 148 g/mol. The highest BCUT2D eigenvalue weighted by Crippen LogP contribution is 1.94. The topological polar surface area (TPSA) is 38.7 Å². The summed E-state index contributed by atoms with van der Waals surface area (Å²) < 4.78 is 9.59. The van der Waals surface area contributed by atoms with E-state index in [0.29, 0.717) is 6.61 Å². The minimum absolute atomic E-state index is 0.162. The first-order valence-electron chi connectivity index (χ1n) is 3.59. The number of methoxy groups -OCH3 is 1. The van der Waals surface area contributed by atoms with Crippen LogP contribution in [0.2, 0.25) is 0 Å². The van der Waals surface area contributed by atoms with E-state index in [1.807, 2.05) is 0 Å². The highest BCUT2D eigenvalue weighted by molar-refractivity contribution is 4.38. The molecule has 0 aromatic rings. The van der Waals surface area contributed by atoms with Gasteiger partial charge in [-0.3, -0.25) is 0 Å². The summed E-state index contributed by atoms with van der Waals surface area (Å²) in [6.07, 6.45) is 3.18. The summed E-state index contributed by atoms with van der Waals surface area (Å²) in [5.41, 5.74) is 0. The van der Waals surface area contributed by atoms with Crippen molar-refractivity contribution >= 4 is 0 Å². The number of unbranched alkanes of at least 4 members (excludes halogenated alkanes) is 2. The van der Waals surface area contributed by atoms with Crippen molar-refractivity contribution in [2.24, 2.45) is 0 Å². The predicted molar refractivity (Wildman–Crippen MR) is 38.8 cm³/mol. The van der Waals surface area contributed by atoms with E-state index in [1.165, 1.54) is 0 Å². The second kappa shape index (κ2) is 8.88. The van der Waals surface area contributed by atoms with Crippen LogP contribution in [0.25, 0.3) is 0 Å². The van der Waals surface area contributed by atoms with E-state index in [1.54, 1.807) is 7.11 Å². The van der Waals surface area contributed by atoms with Crippen LogP contribution in [0, 0.1) is 0 Å². The molecule has 0 aliphatic carbocycles. The van der Waals surface area contributed by atoms with Crippen molar-refractivity contribution in [2.75, 3.05) is 27.1 Å². The largest absolute Gasteiger partial charge is 0.385 e. The number of hydrogen-bond acceptors (Lipinski definition) is 3.